The second-order valence-corrected chi connectivity index (χ2v) is 18.2. The van der Waals surface area contributed by atoms with Crippen molar-refractivity contribution in [3.8, 4) is 22.2 Å². The molecule has 2 N–H and O–H groups in total. The van der Waals surface area contributed by atoms with Crippen LogP contribution >= 0.6 is 11.3 Å². The Kier molecular flexibility index (Phi) is 9.66. The van der Waals surface area contributed by atoms with E-state index < -0.39 is 56.1 Å². The number of allylic oxidation sites excluding steroid dienone is 1. The molecule has 1 saturated heterocycles. The first-order chi connectivity index (χ1) is 25.2. The van der Waals surface area contributed by atoms with Crippen molar-refractivity contribution < 1.29 is 36.7 Å². The second-order valence-electron chi connectivity index (χ2n) is 15.1. The van der Waals surface area contributed by atoms with Gasteiger partial charge < -0.3 is 24.6 Å². The molecule has 2 aromatic heterocycles. The van der Waals surface area contributed by atoms with Crippen molar-refractivity contribution in [1.82, 2.24) is 29.8 Å². The van der Waals surface area contributed by atoms with Crippen LogP contribution in [0.4, 0.5) is 9.18 Å². The summed E-state index contributed by atoms with van der Waals surface area (Å²) in [6.45, 7) is 6.11. The number of aromatic nitrogens is 2. The van der Waals surface area contributed by atoms with Crippen molar-refractivity contribution in [2.45, 2.75) is 94.1 Å². The predicted octanol–water partition coefficient (Wildman–Crippen LogP) is 5.12. The molecular weight excluding hydrogens is 724 g/mol. The Morgan fingerprint density at radius 3 is 2.64 bits per heavy atom. The van der Waals surface area contributed by atoms with E-state index in [-0.39, 0.29) is 42.5 Å². The molecule has 4 atom stereocenters. The Balaban J connectivity index is 1.21. The van der Waals surface area contributed by atoms with Crippen molar-refractivity contribution in [2.24, 2.45) is 5.92 Å². The first-order valence-electron chi connectivity index (χ1n) is 18.0. The number of hydrogen-bond donors (Lipinski definition) is 2. The van der Waals surface area contributed by atoms with Crippen LogP contribution in [0.25, 0.3) is 21.6 Å². The normalized spacial score (nSPS) is 26.4. The van der Waals surface area contributed by atoms with Gasteiger partial charge in [0.2, 0.25) is 15.9 Å². The van der Waals surface area contributed by atoms with Gasteiger partial charge in [-0.15, -0.1) is 11.3 Å². The maximum Gasteiger partial charge on any atom is 0.319 e. The van der Waals surface area contributed by atoms with E-state index in [0.717, 1.165) is 18.5 Å². The molecule has 2 aliphatic heterocycles. The number of urea groups is 1. The van der Waals surface area contributed by atoms with Crippen molar-refractivity contribution in [1.29, 1.82) is 0 Å². The molecule has 2 aliphatic carbocycles. The number of pyridine rings is 1. The number of benzene rings is 1. The average Bonchev–Trinajstić information content (AvgIpc) is 3.89. The molecule has 7 rings (SSSR count). The highest BCUT2D eigenvalue weighted by molar-refractivity contribution is 7.91. The van der Waals surface area contributed by atoms with Crippen LogP contribution in [0.5, 0.6) is 11.5 Å². The van der Waals surface area contributed by atoms with Crippen LogP contribution < -0.4 is 19.5 Å². The zero-order valence-corrected chi connectivity index (χ0v) is 32.1. The third kappa shape index (κ3) is 6.95. The predicted molar refractivity (Wildman–Crippen MR) is 198 cm³/mol. The van der Waals surface area contributed by atoms with Gasteiger partial charge in [0.15, 0.2) is 11.6 Å². The van der Waals surface area contributed by atoms with Crippen LogP contribution in [0.1, 0.15) is 77.3 Å². The Hall–Kier alpha value is -4.31. The molecule has 16 heteroatoms. The number of carbonyl (C=O) groups excluding carboxylic acids is 3. The summed E-state index contributed by atoms with van der Waals surface area (Å²) in [5, 5.41) is 5.74. The minimum absolute atomic E-state index is 0.0155. The molecule has 0 spiro atoms. The highest BCUT2D eigenvalue weighted by Crippen LogP contribution is 2.47. The number of nitrogens with zero attached hydrogens (tertiary/aromatic N) is 4. The molecule has 0 radical (unpaired) electrons. The molecule has 0 bridgehead atoms. The van der Waals surface area contributed by atoms with Crippen molar-refractivity contribution in [3.63, 3.8) is 0 Å². The quantitative estimate of drug-likeness (QED) is 0.297. The van der Waals surface area contributed by atoms with E-state index in [0.29, 0.717) is 47.6 Å². The lowest BCUT2D eigenvalue weighted by molar-refractivity contribution is -0.134. The van der Waals surface area contributed by atoms with Gasteiger partial charge in [-0.3, -0.25) is 14.3 Å². The lowest BCUT2D eigenvalue weighted by Gasteiger charge is -2.30. The highest BCUT2D eigenvalue weighted by Gasteiger charge is 2.63. The van der Waals surface area contributed by atoms with E-state index in [1.54, 1.807) is 31.0 Å². The van der Waals surface area contributed by atoms with Crippen molar-refractivity contribution >= 4 is 50.1 Å². The molecule has 53 heavy (non-hydrogen) atoms. The Morgan fingerprint density at radius 2 is 1.94 bits per heavy atom. The summed E-state index contributed by atoms with van der Waals surface area (Å²) in [4.78, 5) is 54.2. The standard InChI is InChI=1S/C37H45FN6O7S2/c1-21(2)26-20-52-32(40-26)25-17-29(24-11-12-28(50-5)30(38)31(24)39-25)51-23-16-27-33(45)43(4)15-9-7-6-8-10-22-18-37(22,41-35(47)44(27)19-23)34(46)42-53(48,49)36(3)13-14-36/h8,10-12,17,20-23,27H,6-7,9,13-16,18-19H2,1-5H3,(H,41,47)(H,42,46)/b10-8-/t22-,23+,27+,37-/m1/s1. The smallest absolute Gasteiger partial charge is 0.319 e. The molecule has 3 aromatic rings. The Bertz CT molecular complexity index is 2100. The van der Waals surface area contributed by atoms with Gasteiger partial charge in [-0.1, -0.05) is 26.0 Å². The van der Waals surface area contributed by atoms with Crippen LogP contribution in [-0.2, 0) is 19.6 Å². The minimum atomic E-state index is -3.97. The molecular formula is C37H45FN6O7S2. The van der Waals surface area contributed by atoms with E-state index in [1.165, 1.54) is 29.4 Å². The van der Waals surface area contributed by atoms with Crippen molar-refractivity contribution in [3.05, 3.63) is 47.2 Å². The van der Waals surface area contributed by atoms with Crippen LogP contribution in [0, 0.1) is 11.7 Å². The minimum Gasteiger partial charge on any atom is -0.494 e. The van der Waals surface area contributed by atoms with E-state index in [1.807, 2.05) is 31.4 Å². The molecule has 0 unspecified atom stereocenters. The molecule has 4 amide bonds. The van der Waals surface area contributed by atoms with Gasteiger partial charge in [0, 0.05) is 42.8 Å². The fraction of sp³-hybridized carbons (Fsp3) is 0.541. The lowest BCUT2D eigenvalue weighted by atomic mass is 10.1. The van der Waals surface area contributed by atoms with Crippen LogP contribution in [0.3, 0.4) is 0 Å². The topological polar surface area (TPSA) is 160 Å². The first-order valence-corrected chi connectivity index (χ1v) is 20.4. The summed E-state index contributed by atoms with van der Waals surface area (Å²) in [6.07, 6.45) is 6.58. The SMILES string of the molecule is COc1ccc2c(O[C@H]3C[C@H]4C(=O)N(C)CCCC/C=C\[C@@H]5C[C@@]5(C(=O)NS(=O)(=O)C5(C)CC5)NC(=O)N4C3)cc(-c3nc(C(C)C)cs3)nc2c1F. The average molecular weight is 769 g/mol. The largest absolute Gasteiger partial charge is 0.494 e. The number of amides is 4. The summed E-state index contributed by atoms with van der Waals surface area (Å²) >= 11 is 1.38. The molecule has 1 aromatic carbocycles. The number of halogens is 1. The number of methoxy groups -OCH3 is 1. The van der Waals surface area contributed by atoms with Gasteiger partial charge in [0.1, 0.15) is 39.7 Å². The van der Waals surface area contributed by atoms with Gasteiger partial charge in [0.25, 0.3) is 5.91 Å². The number of likely N-dealkylation sites (N-methyl/N-ethyl adjacent to an activating group) is 1. The van der Waals surface area contributed by atoms with Crippen LogP contribution in [0.15, 0.2) is 35.7 Å². The molecule has 13 nitrogen and oxygen atoms in total. The zero-order valence-electron chi connectivity index (χ0n) is 30.5. The second kappa shape index (κ2) is 13.8. The summed E-state index contributed by atoms with van der Waals surface area (Å²) < 4.78 is 54.9. The summed E-state index contributed by atoms with van der Waals surface area (Å²) in [7, 11) is -0.898. The molecule has 4 aliphatic rings. The van der Waals surface area contributed by atoms with Gasteiger partial charge >= 0.3 is 6.03 Å². The van der Waals surface area contributed by atoms with E-state index >= 15 is 4.39 Å². The maximum atomic E-state index is 15.7. The number of sulfonamides is 1. The van der Waals surface area contributed by atoms with Crippen molar-refractivity contribution in [2.75, 3.05) is 27.2 Å². The van der Waals surface area contributed by atoms with Crippen LogP contribution in [0.2, 0.25) is 0 Å². The number of ether oxygens (including phenoxy) is 2. The first kappa shape index (κ1) is 37.0. The third-order valence-electron chi connectivity index (χ3n) is 10.9. The molecule has 284 valence electrons. The number of thiazole rings is 1. The summed E-state index contributed by atoms with van der Waals surface area (Å²) in [5.74, 6) is -1.66. The number of nitrogens with one attached hydrogen (secondary N) is 2. The monoisotopic (exact) mass is 768 g/mol. The maximum absolute atomic E-state index is 15.7. The van der Waals surface area contributed by atoms with Crippen LogP contribution in [-0.4, -0.2) is 95.7 Å². The Labute approximate surface area is 312 Å². The number of fused-ring (bicyclic) bond motifs is 3. The molecule has 4 heterocycles. The van der Waals surface area contributed by atoms with E-state index in [9.17, 15) is 22.8 Å². The summed E-state index contributed by atoms with van der Waals surface area (Å²) in [5.41, 5.74) is -0.195. The van der Waals surface area contributed by atoms with Gasteiger partial charge in [-0.2, -0.15) is 0 Å². The highest BCUT2D eigenvalue weighted by atomic mass is 32.2. The summed E-state index contributed by atoms with van der Waals surface area (Å²) in [6, 6.07) is 3.22. The lowest BCUT2D eigenvalue weighted by Crippen LogP contribution is -2.58. The number of carbonyl (C=O) groups is 3. The zero-order chi connectivity index (χ0) is 37.9. The van der Waals surface area contributed by atoms with Gasteiger partial charge in [-0.25, -0.2) is 27.6 Å². The van der Waals surface area contributed by atoms with E-state index in [4.69, 9.17) is 14.5 Å². The van der Waals surface area contributed by atoms with E-state index in [2.05, 4.69) is 15.0 Å². The third-order valence-corrected chi connectivity index (χ3v) is 14.0. The fourth-order valence-electron chi connectivity index (χ4n) is 7.03. The fourth-order valence-corrected chi connectivity index (χ4v) is 9.28. The number of rotatable bonds is 8. The Morgan fingerprint density at radius 1 is 1.17 bits per heavy atom. The molecule has 2 saturated carbocycles. The molecule has 3 fully saturated rings. The van der Waals surface area contributed by atoms with Gasteiger partial charge in [-0.05, 0) is 63.5 Å². The van der Waals surface area contributed by atoms with Gasteiger partial charge in [0.05, 0.1) is 24.1 Å². The number of hydrogen-bond acceptors (Lipinski definition) is 10.